The number of carbonyl (C=O) groups is 2. The Labute approximate surface area is 107 Å². The van der Waals surface area contributed by atoms with E-state index in [9.17, 15) is 19.3 Å². The molecule has 0 heterocycles. The van der Waals surface area contributed by atoms with Gasteiger partial charge in [-0.3, -0.25) is 14.3 Å². The Hall–Kier alpha value is 0.0500. The standard InChI is InChI=1S/C5H10NO7P.Na/c7-4(8)1-6(2-5(9)10)3-14(11,12)13;/h1-3H2,(H,7,8)(H,9,10)(H2,11,12,13);/q;+1/p-1. The predicted octanol–water partition coefficient (Wildman–Crippen LogP) is -5.74. The van der Waals surface area contributed by atoms with E-state index >= 15 is 0 Å². The van der Waals surface area contributed by atoms with E-state index < -0.39 is 38.9 Å². The molecule has 0 aliphatic carbocycles. The Bertz CT molecular complexity index is 261. The number of hydrogen-bond donors (Lipinski definition) is 3. The van der Waals surface area contributed by atoms with Gasteiger partial charge in [-0.1, -0.05) is 0 Å². The van der Waals surface area contributed by atoms with Gasteiger partial charge in [-0.15, -0.1) is 0 Å². The third-order valence-corrected chi connectivity index (χ3v) is 1.86. The van der Waals surface area contributed by atoms with Crippen LogP contribution < -0.4 is 34.7 Å². The van der Waals surface area contributed by atoms with E-state index in [1.807, 2.05) is 0 Å². The van der Waals surface area contributed by atoms with Crippen molar-refractivity contribution in [3.05, 3.63) is 0 Å². The monoisotopic (exact) mass is 249 g/mol. The van der Waals surface area contributed by atoms with Crippen molar-refractivity contribution in [2.24, 2.45) is 0 Å². The SMILES string of the molecule is O=C([O-])CN(CC(=O)O)CP(=O)(O)O.[Na+]. The molecule has 0 amide bonds. The first kappa shape index (κ1) is 17.4. The molecule has 0 aromatic carbocycles. The molecule has 0 bridgehead atoms. The number of rotatable bonds is 6. The van der Waals surface area contributed by atoms with Crippen LogP contribution in [0.2, 0.25) is 0 Å². The minimum absolute atomic E-state index is 0. The number of aliphatic carboxylic acids is 2. The molecule has 0 radical (unpaired) electrons. The molecule has 8 nitrogen and oxygen atoms in total. The average molecular weight is 249 g/mol. The molecule has 0 aromatic rings. The van der Waals surface area contributed by atoms with E-state index in [4.69, 9.17) is 14.9 Å². The topological polar surface area (TPSA) is 138 Å². The Balaban J connectivity index is 0. The fraction of sp³-hybridized carbons (Fsp3) is 0.600. The maximum Gasteiger partial charge on any atom is 1.00 e. The Kier molecular flexibility index (Phi) is 8.54. The average Bonchev–Trinajstić information content (AvgIpc) is 1.77. The van der Waals surface area contributed by atoms with Crippen molar-refractivity contribution in [1.82, 2.24) is 4.90 Å². The van der Waals surface area contributed by atoms with Crippen LogP contribution in [0.3, 0.4) is 0 Å². The van der Waals surface area contributed by atoms with Gasteiger partial charge in [0, 0.05) is 6.54 Å². The number of carboxylic acids is 2. The minimum atomic E-state index is -4.46. The second kappa shape index (κ2) is 7.34. The van der Waals surface area contributed by atoms with Gasteiger partial charge in [-0.05, 0) is 0 Å². The first-order valence-corrected chi connectivity index (χ1v) is 5.19. The Morgan fingerprint density at radius 2 is 1.73 bits per heavy atom. The van der Waals surface area contributed by atoms with E-state index in [0.717, 1.165) is 0 Å². The van der Waals surface area contributed by atoms with Crippen LogP contribution in [-0.4, -0.2) is 51.1 Å². The molecule has 3 N–H and O–H groups in total. The summed E-state index contributed by atoms with van der Waals surface area (Å²) >= 11 is 0. The molecular weight excluding hydrogens is 240 g/mol. The summed E-state index contributed by atoms with van der Waals surface area (Å²) in [7, 11) is -4.46. The molecule has 0 aliphatic heterocycles. The Morgan fingerprint density at radius 1 is 1.27 bits per heavy atom. The molecule has 0 saturated heterocycles. The van der Waals surface area contributed by atoms with E-state index in [1.165, 1.54) is 0 Å². The molecule has 0 aromatic heterocycles. The van der Waals surface area contributed by atoms with Crippen molar-refractivity contribution in [2.45, 2.75) is 0 Å². The summed E-state index contributed by atoms with van der Waals surface area (Å²) in [5, 5.41) is 18.4. The zero-order chi connectivity index (χ0) is 11.4. The van der Waals surface area contributed by atoms with Crippen LogP contribution >= 0.6 is 7.60 Å². The maximum atomic E-state index is 10.5. The van der Waals surface area contributed by atoms with Gasteiger partial charge in [0.15, 0.2) is 0 Å². The van der Waals surface area contributed by atoms with Crippen molar-refractivity contribution < 1.29 is 63.7 Å². The number of carboxylic acid groups (broad SMARTS) is 2. The van der Waals surface area contributed by atoms with Crippen molar-refractivity contribution in [3.63, 3.8) is 0 Å². The number of hydrogen-bond acceptors (Lipinski definition) is 5. The summed E-state index contributed by atoms with van der Waals surface area (Å²) < 4.78 is 10.5. The minimum Gasteiger partial charge on any atom is -0.549 e. The quantitative estimate of drug-likeness (QED) is 0.312. The molecule has 10 heteroatoms. The summed E-state index contributed by atoms with van der Waals surface area (Å²) in [5.74, 6) is -2.97. The van der Waals surface area contributed by atoms with Crippen molar-refractivity contribution in [2.75, 3.05) is 19.4 Å². The molecule has 0 aliphatic rings. The van der Waals surface area contributed by atoms with Crippen molar-refractivity contribution >= 4 is 19.5 Å². The van der Waals surface area contributed by atoms with Gasteiger partial charge >= 0.3 is 43.1 Å². The van der Waals surface area contributed by atoms with E-state index in [2.05, 4.69) is 0 Å². The summed E-state index contributed by atoms with van der Waals surface area (Å²) in [5.41, 5.74) is 0. The van der Waals surface area contributed by atoms with Gasteiger partial charge < -0.3 is 24.8 Å². The summed E-state index contributed by atoms with van der Waals surface area (Å²) in [6.07, 6.45) is -0.923. The second-order valence-corrected chi connectivity index (χ2v) is 4.17. The molecule has 82 valence electrons. The van der Waals surface area contributed by atoms with Crippen LogP contribution in [0.4, 0.5) is 0 Å². The second-order valence-electron chi connectivity index (χ2n) is 2.56. The molecule has 0 spiro atoms. The van der Waals surface area contributed by atoms with Crippen molar-refractivity contribution in [3.8, 4) is 0 Å². The van der Waals surface area contributed by atoms with Crippen LogP contribution in [0.5, 0.6) is 0 Å². The van der Waals surface area contributed by atoms with Gasteiger partial charge in [0.25, 0.3) is 0 Å². The molecule has 0 fully saturated rings. The van der Waals surface area contributed by atoms with Gasteiger partial charge in [0.05, 0.1) is 12.5 Å². The van der Waals surface area contributed by atoms with Crippen LogP contribution in [0, 0.1) is 0 Å². The normalized spacial score (nSPS) is 10.9. The smallest absolute Gasteiger partial charge is 0.549 e. The van der Waals surface area contributed by atoms with E-state index in [-0.39, 0.29) is 29.6 Å². The Morgan fingerprint density at radius 3 is 2.00 bits per heavy atom. The van der Waals surface area contributed by atoms with Crippen LogP contribution in [0.1, 0.15) is 0 Å². The predicted molar refractivity (Wildman–Crippen MR) is 41.1 cm³/mol. The molecule has 0 rings (SSSR count). The van der Waals surface area contributed by atoms with E-state index in [1.54, 1.807) is 0 Å². The first-order chi connectivity index (χ1) is 6.20. The zero-order valence-electron chi connectivity index (χ0n) is 7.99. The number of carbonyl (C=O) groups excluding carboxylic acids is 1. The van der Waals surface area contributed by atoms with E-state index in [0.29, 0.717) is 4.90 Å². The summed E-state index contributed by atoms with van der Waals surface area (Å²) in [6, 6.07) is 0. The largest absolute Gasteiger partial charge is 1.00 e. The van der Waals surface area contributed by atoms with Crippen LogP contribution in [0.25, 0.3) is 0 Å². The third-order valence-electron chi connectivity index (χ3n) is 1.10. The fourth-order valence-corrected chi connectivity index (χ4v) is 1.51. The third kappa shape index (κ3) is 12.0. The van der Waals surface area contributed by atoms with Gasteiger partial charge in [-0.25, -0.2) is 0 Å². The maximum absolute atomic E-state index is 10.5. The number of nitrogens with zero attached hydrogens (tertiary/aromatic N) is 1. The molecule has 0 atom stereocenters. The fourth-order valence-electron chi connectivity index (χ4n) is 0.790. The van der Waals surface area contributed by atoms with Crippen LogP contribution in [0.15, 0.2) is 0 Å². The van der Waals surface area contributed by atoms with Gasteiger partial charge in [-0.2, -0.15) is 0 Å². The zero-order valence-corrected chi connectivity index (χ0v) is 10.9. The molecule has 0 saturated carbocycles. The molecule has 0 unspecified atom stereocenters. The molecular formula is C5H9NNaO7P. The summed E-state index contributed by atoms with van der Waals surface area (Å²) in [4.78, 5) is 37.8. The summed E-state index contributed by atoms with van der Waals surface area (Å²) in [6.45, 7) is -1.60. The van der Waals surface area contributed by atoms with Crippen LogP contribution in [-0.2, 0) is 14.2 Å². The molecule has 15 heavy (non-hydrogen) atoms. The van der Waals surface area contributed by atoms with Gasteiger partial charge in [0.1, 0.15) is 6.29 Å². The van der Waals surface area contributed by atoms with Gasteiger partial charge in [0.2, 0.25) is 0 Å². The van der Waals surface area contributed by atoms with Crippen molar-refractivity contribution in [1.29, 1.82) is 0 Å². The first-order valence-electron chi connectivity index (χ1n) is 3.39.